The molecule has 2 aromatic heterocycles. The van der Waals surface area contributed by atoms with E-state index in [1.54, 1.807) is 0 Å². The highest BCUT2D eigenvalue weighted by Crippen LogP contribution is 2.36. The van der Waals surface area contributed by atoms with Crippen LogP contribution in [0.4, 0.5) is 52.7 Å². The van der Waals surface area contributed by atoms with Gasteiger partial charge in [-0.1, -0.05) is 0 Å². The van der Waals surface area contributed by atoms with Crippen LogP contribution in [0.3, 0.4) is 0 Å². The number of pyridine rings is 2. The molecule has 0 fully saturated rings. The van der Waals surface area contributed by atoms with Crippen LogP contribution in [0.25, 0.3) is 11.1 Å². The first-order valence-corrected chi connectivity index (χ1v) is 11.4. The van der Waals surface area contributed by atoms with Crippen molar-refractivity contribution in [2.75, 3.05) is 0 Å². The number of aromatic nitrogens is 2. The van der Waals surface area contributed by atoms with Crippen LogP contribution in [-0.4, -0.2) is 9.97 Å². The summed E-state index contributed by atoms with van der Waals surface area (Å²) in [6.07, 6.45) is -22.0. The van der Waals surface area contributed by atoms with Crippen molar-refractivity contribution in [2.24, 2.45) is 0 Å². The molecule has 0 unspecified atom stereocenters. The van der Waals surface area contributed by atoms with E-state index >= 15 is 0 Å². The predicted molar refractivity (Wildman–Crippen MR) is 125 cm³/mol. The second-order valence-corrected chi connectivity index (χ2v) is 8.65. The van der Waals surface area contributed by atoms with Gasteiger partial charge >= 0.3 is 24.7 Å². The summed E-state index contributed by atoms with van der Waals surface area (Å²) in [5.41, 5.74) is -16.5. The van der Waals surface area contributed by atoms with E-state index in [-0.39, 0.29) is 24.3 Å². The molecule has 0 amide bonds. The van der Waals surface area contributed by atoms with Crippen LogP contribution in [0.1, 0.15) is 50.6 Å². The number of hydrogen-bond acceptors (Lipinski definition) is 7. The molecule has 0 aliphatic rings. The minimum Gasteiger partial charge on any atom is -0.239 e. The summed E-state index contributed by atoms with van der Waals surface area (Å²) in [5, 5.41) is 47.0. The van der Waals surface area contributed by atoms with Crippen LogP contribution in [0.5, 0.6) is 0 Å². The zero-order valence-corrected chi connectivity index (χ0v) is 21.6. The molecule has 0 radical (unpaired) electrons. The van der Waals surface area contributed by atoms with Crippen molar-refractivity contribution in [1.82, 2.24) is 9.97 Å². The zero-order chi connectivity index (χ0) is 35.0. The molecule has 0 aliphatic carbocycles. The highest BCUT2D eigenvalue weighted by Gasteiger charge is 2.40. The minimum absolute atomic E-state index is 0.0118. The topological polar surface area (TPSA) is 145 Å². The molecule has 0 N–H and O–H groups in total. The van der Waals surface area contributed by atoms with Gasteiger partial charge in [0.05, 0.1) is 33.9 Å². The van der Waals surface area contributed by atoms with E-state index in [1.807, 2.05) is 0 Å². The summed E-state index contributed by atoms with van der Waals surface area (Å²) in [7, 11) is 0. The first kappa shape index (κ1) is 34.4. The minimum atomic E-state index is -5.51. The lowest BCUT2D eigenvalue weighted by Crippen LogP contribution is -2.27. The molecule has 46 heavy (non-hydrogen) atoms. The van der Waals surface area contributed by atoms with Crippen LogP contribution in [0.2, 0.25) is 0 Å². The fraction of sp³-hybridized carbons (Fsp3) is 0.148. The van der Waals surface area contributed by atoms with Crippen LogP contribution >= 0.6 is 0 Å². The molecule has 19 heteroatoms. The average Bonchev–Trinajstić information content (AvgIpc) is 2.95. The van der Waals surface area contributed by atoms with Crippen LogP contribution in [0, 0.1) is 56.7 Å². The van der Waals surface area contributed by atoms with Crippen LogP contribution in [-0.2, 0) is 24.7 Å². The van der Waals surface area contributed by atoms with E-state index in [0.717, 1.165) is 0 Å². The lowest BCUT2D eigenvalue weighted by atomic mass is 9.91. The molecule has 0 saturated carbocycles. The Hall–Kier alpha value is -6.13. The Morgan fingerprint density at radius 1 is 0.478 bits per heavy atom. The van der Waals surface area contributed by atoms with Crippen molar-refractivity contribution in [3.63, 3.8) is 0 Å². The lowest BCUT2D eigenvalue weighted by molar-refractivity contribution is -0.151. The van der Waals surface area contributed by atoms with E-state index in [9.17, 15) is 79.0 Å². The fourth-order valence-corrected chi connectivity index (χ4v) is 3.93. The molecule has 0 saturated heterocycles. The van der Waals surface area contributed by atoms with E-state index < -0.39 is 96.9 Å². The predicted octanol–water partition coefficient (Wildman–Crippen LogP) is 5.61. The average molecular weight is 655 g/mol. The molecule has 0 spiro atoms. The summed E-state index contributed by atoms with van der Waals surface area (Å²) in [6.45, 7) is 0. The Kier molecular flexibility index (Phi) is 8.78. The summed E-state index contributed by atoms with van der Waals surface area (Å²) >= 11 is 0. The van der Waals surface area contributed by atoms with Crippen LogP contribution in [0.15, 0.2) is 30.3 Å². The second kappa shape index (κ2) is 11.8. The number of hydrogen-bond donors (Lipinski definition) is 0. The molecule has 0 bridgehead atoms. The highest BCUT2D eigenvalue weighted by atomic mass is 19.4. The van der Waals surface area contributed by atoms with Gasteiger partial charge in [-0.2, -0.15) is 79.0 Å². The maximum absolute atomic E-state index is 13.4. The van der Waals surface area contributed by atoms with Crippen molar-refractivity contribution >= 4 is 11.1 Å². The van der Waals surface area contributed by atoms with Gasteiger partial charge < -0.3 is 0 Å². The maximum atomic E-state index is 13.4. The Morgan fingerprint density at radius 2 is 0.826 bits per heavy atom. The van der Waals surface area contributed by atoms with E-state index in [4.69, 9.17) is 0 Å². The standard InChI is InChI=1S/C27H5F12N7/c28-24(29,30)19-2-11(3-20(45-19)25(31,32)33)15(7-41)14-1-13(6-40)23(18(10-44)17(14)9-43)16(8-42)12-4-21(26(34,35)36)46-22(5-12)27(37,38)39/h1-5H/b15-14-,23-16+. The van der Waals surface area contributed by atoms with Crippen LogP contribution < -0.4 is 10.4 Å². The van der Waals surface area contributed by atoms with Crippen molar-refractivity contribution < 1.29 is 52.7 Å². The maximum Gasteiger partial charge on any atom is 0.433 e. The lowest BCUT2D eigenvalue weighted by Gasteiger charge is -2.14. The SMILES string of the molecule is N#C/C(c1cc(C(F)(F)F)nc(C(F)(F)F)c1)=c1/c(C#N)c/c(=C(\C#N)c2cc(C(F)(F)F)nc(C(F)(F)F)c2)c(C#N)c1C#N. The van der Waals surface area contributed by atoms with E-state index in [0.29, 0.717) is 6.07 Å². The normalized spacial score (nSPS) is 13.4. The summed E-state index contributed by atoms with van der Waals surface area (Å²) in [4.78, 5) is 4.96. The van der Waals surface area contributed by atoms with Crippen molar-refractivity contribution in [3.8, 4) is 30.3 Å². The number of nitrogens with zero attached hydrogens (tertiary/aromatic N) is 7. The Balaban J connectivity index is 2.69. The van der Waals surface area contributed by atoms with Gasteiger partial charge in [0.1, 0.15) is 47.1 Å². The van der Waals surface area contributed by atoms with Gasteiger partial charge in [0.15, 0.2) is 0 Å². The van der Waals surface area contributed by atoms with E-state index in [2.05, 4.69) is 9.97 Å². The molecule has 1 aromatic carbocycles. The monoisotopic (exact) mass is 655 g/mol. The van der Waals surface area contributed by atoms with Gasteiger partial charge in [0.2, 0.25) is 0 Å². The first-order chi connectivity index (χ1) is 21.1. The molecular weight excluding hydrogens is 650 g/mol. The second-order valence-electron chi connectivity index (χ2n) is 8.65. The summed E-state index contributed by atoms with van der Waals surface area (Å²) in [5.74, 6) is 0. The Labute approximate surface area is 247 Å². The third kappa shape index (κ3) is 6.67. The summed E-state index contributed by atoms with van der Waals surface area (Å²) in [6, 6.07) is 6.86. The van der Waals surface area contributed by atoms with E-state index in [1.165, 1.54) is 30.3 Å². The molecule has 3 aromatic rings. The van der Waals surface area contributed by atoms with Crippen molar-refractivity contribution in [3.05, 3.63) is 91.4 Å². The largest absolute Gasteiger partial charge is 0.433 e. The van der Waals surface area contributed by atoms with Gasteiger partial charge in [0.25, 0.3) is 0 Å². The van der Waals surface area contributed by atoms with Gasteiger partial charge in [-0.25, -0.2) is 9.97 Å². The number of benzene rings is 1. The molecule has 0 aliphatic heterocycles. The molecule has 3 rings (SSSR count). The number of rotatable bonds is 2. The number of nitriles is 5. The molecular formula is C27H5F12N7. The third-order valence-electron chi connectivity index (χ3n) is 5.80. The van der Waals surface area contributed by atoms with Gasteiger partial charge in [-0.05, 0) is 41.5 Å². The van der Waals surface area contributed by atoms with Crippen molar-refractivity contribution in [2.45, 2.75) is 24.7 Å². The number of halogens is 12. The molecule has 2 heterocycles. The highest BCUT2D eigenvalue weighted by molar-refractivity contribution is 5.82. The first-order valence-electron chi connectivity index (χ1n) is 11.4. The number of alkyl halides is 12. The molecule has 7 nitrogen and oxygen atoms in total. The van der Waals surface area contributed by atoms with Gasteiger partial charge in [-0.15, -0.1) is 0 Å². The smallest absolute Gasteiger partial charge is 0.239 e. The Bertz CT molecular complexity index is 2040. The molecule has 232 valence electrons. The van der Waals surface area contributed by atoms with Crippen molar-refractivity contribution in [1.29, 1.82) is 26.3 Å². The Morgan fingerprint density at radius 3 is 1.11 bits per heavy atom. The zero-order valence-electron chi connectivity index (χ0n) is 21.6. The van der Waals surface area contributed by atoms with Gasteiger partial charge in [-0.3, -0.25) is 0 Å². The summed E-state index contributed by atoms with van der Waals surface area (Å²) < 4.78 is 161. The fourth-order valence-electron chi connectivity index (χ4n) is 3.93. The molecule has 0 atom stereocenters. The quantitative estimate of drug-likeness (QED) is 0.326. The van der Waals surface area contributed by atoms with Gasteiger partial charge in [0, 0.05) is 10.4 Å². The third-order valence-corrected chi connectivity index (χ3v) is 5.80.